The first-order valence-electron chi connectivity index (χ1n) is 7.58. The highest BCUT2D eigenvalue weighted by molar-refractivity contribution is 5.92. The topological polar surface area (TPSA) is 33.2 Å². The molecule has 110 valence electrons. The largest absolute Gasteiger partial charge is 0.297 e. The Morgan fingerprint density at radius 1 is 1.05 bits per heavy atom. The molecule has 1 amide bonds. The summed E-state index contributed by atoms with van der Waals surface area (Å²) < 4.78 is 0. The lowest BCUT2D eigenvalue weighted by molar-refractivity contribution is -0.118. The summed E-state index contributed by atoms with van der Waals surface area (Å²) >= 11 is 0. The second-order valence-electron chi connectivity index (χ2n) is 5.06. The molecule has 0 bridgehead atoms. The van der Waals surface area contributed by atoms with Crippen molar-refractivity contribution in [2.24, 2.45) is 0 Å². The van der Waals surface area contributed by atoms with Crippen molar-refractivity contribution in [1.82, 2.24) is 4.98 Å². The monoisotopic (exact) mass is 282 g/mol. The molecule has 0 aliphatic heterocycles. The van der Waals surface area contributed by atoms with Crippen LogP contribution >= 0.6 is 0 Å². The minimum atomic E-state index is 0.150. The number of amides is 1. The Hall–Kier alpha value is -2.16. The second kappa shape index (κ2) is 7.58. The van der Waals surface area contributed by atoms with Crippen molar-refractivity contribution >= 4 is 11.7 Å². The predicted molar refractivity (Wildman–Crippen MR) is 87.2 cm³/mol. The maximum absolute atomic E-state index is 12.3. The third kappa shape index (κ3) is 3.91. The number of anilines is 1. The van der Waals surface area contributed by atoms with Gasteiger partial charge in [-0.2, -0.15) is 0 Å². The molecule has 0 atom stereocenters. The molecule has 0 spiro atoms. The van der Waals surface area contributed by atoms with E-state index in [4.69, 9.17) is 0 Å². The predicted octanol–water partition coefficient (Wildman–Crippen LogP) is 4.29. The molecular formula is C18H22N2O. The molecule has 0 saturated heterocycles. The van der Waals surface area contributed by atoms with Crippen LogP contribution in [0.3, 0.4) is 0 Å². The summed E-state index contributed by atoms with van der Waals surface area (Å²) in [6.07, 6.45) is 4.13. The molecule has 2 rings (SSSR count). The lowest BCUT2D eigenvalue weighted by Crippen LogP contribution is -2.32. The van der Waals surface area contributed by atoms with Crippen LogP contribution in [0.25, 0.3) is 11.1 Å². The molecule has 1 aromatic carbocycles. The van der Waals surface area contributed by atoms with Gasteiger partial charge in [0, 0.05) is 19.2 Å². The van der Waals surface area contributed by atoms with E-state index in [1.54, 1.807) is 11.1 Å². The van der Waals surface area contributed by atoms with E-state index in [9.17, 15) is 4.79 Å². The average molecular weight is 282 g/mol. The van der Waals surface area contributed by atoms with Gasteiger partial charge in [0.2, 0.25) is 5.91 Å². The smallest absolute Gasteiger partial charge is 0.228 e. The van der Waals surface area contributed by atoms with Crippen molar-refractivity contribution in [1.29, 1.82) is 0 Å². The summed E-state index contributed by atoms with van der Waals surface area (Å²) in [4.78, 5) is 18.5. The van der Waals surface area contributed by atoms with Gasteiger partial charge in [-0.1, -0.05) is 44.2 Å². The van der Waals surface area contributed by atoms with Crippen molar-refractivity contribution in [3.8, 4) is 11.1 Å². The number of carbonyl (C=O) groups excluding carboxylic acids is 1. The van der Waals surface area contributed by atoms with Crippen LogP contribution in [0.4, 0.5) is 5.82 Å². The van der Waals surface area contributed by atoms with Gasteiger partial charge in [-0.05, 0) is 36.1 Å². The van der Waals surface area contributed by atoms with Crippen LogP contribution in [-0.2, 0) is 4.79 Å². The van der Waals surface area contributed by atoms with Crippen LogP contribution in [-0.4, -0.2) is 17.4 Å². The SMILES string of the molecule is CCCC(=O)N(CCC)c1cc(-c2ccccc2)ccn1. The third-order valence-electron chi connectivity index (χ3n) is 3.34. The second-order valence-corrected chi connectivity index (χ2v) is 5.06. The van der Waals surface area contributed by atoms with Crippen molar-refractivity contribution in [2.45, 2.75) is 33.1 Å². The summed E-state index contributed by atoms with van der Waals surface area (Å²) in [6, 6.07) is 14.1. The molecule has 3 heteroatoms. The molecule has 0 fully saturated rings. The van der Waals surface area contributed by atoms with E-state index in [0.29, 0.717) is 13.0 Å². The van der Waals surface area contributed by atoms with Crippen LogP contribution in [0.1, 0.15) is 33.1 Å². The van der Waals surface area contributed by atoms with Gasteiger partial charge in [-0.15, -0.1) is 0 Å². The first-order valence-corrected chi connectivity index (χ1v) is 7.58. The fourth-order valence-corrected chi connectivity index (χ4v) is 2.32. The summed E-state index contributed by atoms with van der Waals surface area (Å²) in [5.41, 5.74) is 2.23. The Morgan fingerprint density at radius 2 is 1.81 bits per heavy atom. The number of pyridine rings is 1. The van der Waals surface area contributed by atoms with Gasteiger partial charge in [-0.25, -0.2) is 4.98 Å². The Bertz CT molecular complexity index is 581. The fraction of sp³-hybridized carbons (Fsp3) is 0.333. The zero-order chi connectivity index (χ0) is 15.1. The quantitative estimate of drug-likeness (QED) is 0.791. The van der Waals surface area contributed by atoms with Gasteiger partial charge in [0.25, 0.3) is 0 Å². The van der Waals surface area contributed by atoms with E-state index >= 15 is 0 Å². The van der Waals surface area contributed by atoms with Crippen LogP contribution < -0.4 is 4.90 Å². The lowest BCUT2D eigenvalue weighted by atomic mass is 10.1. The molecule has 21 heavy (non-hydrogen) atoms. The molecule has 0 saturated carbocycles. The van der Waals surface area contributed by atoms with E-state index in [2.05, 4.69) is 24.0 Å². The average Bonchev–Trinajstić information content (AvgIpc) is 2.54. The van der Waals surface area contributed by atoms with E-state index < -0.39 is 0 Å². The zero-order valence-electron chi connectivity index (χ0n) is 12.7. The van der Waals surface area contributed by atoms with Crippen molar-refractivity contribution in [3.63, 3.8) is 0 Å². The number of nitrogens with zero attached hydrogens (tertiary/aromatic N) is 2. The number of rotatable bonds is 6. The van der Waals surface area contributed by atoms with Crippen LogP contribution in [0.5, 0.6) is 0 Å². The van der Waals surface area contributed by atoms with Crippen LogP contribution in [0.15, 0.2) is 48.7 Å². The van der Waals surface area contributed by atoms with E-state index in [1.807, 2.05) is 37.3 Å². The van der Waals surface area contributed by atoms with Gasteiger partial charge in [-0.3, -0.25) is 9.69 Å². The number of carbonyl (C=O) groups is 1. The molecule has 1 heterocycles. The minimum absolute atomic E-state index is 0.150. The summed E-state index contributed by atoms with van der Waals surface area (Å²) in [5.74, 6) is 0.897. The molecule has 3 nitrogen and oxygen atoms in total. The van der Waals surface area contributed by atoms with E-state index in [1.165, 1.54) is 0 Å². The van der Waals surface area contributed by atoms with E-state index in [0.717, 1.165) is 29.8 Å². The Morgan fingerprint density at radius 3 is 2.48 bits per heavy atom. The summed E-state index contributed by atoms with van der Waals surface area (Å²) in [7, 11) is 0. The molecule has 2 aromatic rings. The number of aromatic nitrogens is 1. The first-order chi connectivity index (χ1) is 10.3. The molecule has 1 aromatic heterocycles. The lowest BCUT2D eigenvalue weighted by Gasteiger charge is -2.21. The fourth-order valence-electron chi connectivity index (χ4n) is 2.32. The minimum Gasteiger partial charge on any atom is -0.297 e. The van der Waals surface area contributed by atoms with Crippen molar-refractivity contribution < 1.29 is 4.79 Å². The maximum Gasteiger partial charge on any atom is 0.228 e. The van der Waals surface area contributed by atoms with E-state index in [-0.39, 0.29) is 5.91 Å². The van der Waals surface area contributed by atoms with Gasteiger partial charge in [0.05, 0.1) is 0 Å². The summed E-state index contributed by atoms with van der Waals surface area (Å²) in [5, 5.41) is 0. The highest BCUT2D eigenvalue weighted by Crippen LogP contribution is 2.23. The standard InChI is InChI=1S/C18H22N2O/c1-3-8-18(21)20(13-4-2)17-14-16(11-12-19-17)15-9-6-5-7-10-15/h5-7,9-12,14H,3-4,8,13H2,1-2H3. The van der Waals surface area contributed by atoms with Crippen LogP contribution in [0.2, 0.25) is 0 Å². The van der Waals surface area contributed by atoms with Crippen molar-refractivity contribution in [2.75, 3.05) is 11.4 Å². The molecule has 0 aliphatic carbocycles. The number of benzene rings is 1. The number of hydrogen-bond acceptors (Lipinski definition) is 2. The Balaban J connectivity index is 2.31. The third-order valence-corrected chi connectivity index (χ3v) is 3.34. The summed E-state index contributed by atoms with van der Waals surface area (Å²) in [6.45, 7) is 4.81. The molecule has 0 N–H and O–H groups in total. The molecule has 0 unspecified atom stereocenters. The molecular weight excluding hydrogens is 260 g/mol. The number of hydrogen-bond donors (Lipinski definition) is 0. The Kier molecular flexibility index (Phi) is 5.50. The van der Waals surface area contributed by atoms with Gasteiger partial charge < -0.3 is 0 Å². The Labute approximate surface area is 126 Å². The highest BCUT2D eigenvalue weighted by Gasteiger charge is 2.15. The molecule has 0 radical (unpaired) electrons. The van der Waals surface area contributed by atoms with Crippen molar-refractivity contribution in [3.05, 3.63) is 48.7 Å². The van der Waals surface area contributed by atoms with Gasteiger partial charge in [0.1, 0.15) is 5.82 Å². The maximum atomic E-state index is 12.3. The first kappa shape index (κ1) is 15.2. The van der Waals surface area contributed by atoms with Gasteiger partial charge >= 0.3 is 0 Å². The molecule has 0 aliphatic rings. The van der Waals surface area contributed by atoms with Crippen LogP contribution in [0, 0.1) is 0 Å². The normalized spacial score (nSPS) is 10.4. The van der Waals surface area contributed by atoms with Gasteiger partial charge in [0.15, 0.2) is 0 Å². The highest BCUT2D eigenvalue weighted by atomic mass is 16.2. The zero-order valence-corrected chi connectivity index (χ0v) is 12.7.